The number of hydroxylamine groups is 2. The summed E-state index contributed by atoms with van der Waals surface area (Å²) < 4.78 is 5.84. The van der Waals surface area contributed by atoms with E-state index >= 15 is 0 Å². The summed E-state index contributed by atoms with van der Waals surface area (Å²) in [6, 6.07) is 5.95. The van der Waals surface area contributed by atoms with Crippen LogP contribution in [-0.2, 0) is 44.8 Å². The van der Waals surface area contributed by atoms with Crippen LogP contribution in [0.2, 0.25) is 0 Å². The minimum absolute atomic E-state index is 0.0153. The Balaban J connectivity index is 1.94. The number of aliphatic hydroxyl groups is 1. The second-order valence-electron chi connectivity index (χ2n) is 17.1. The third-order valence-corrected chi connectivity index (χ3v) is 12.1. The van der Waals surface area contributed by atoms with E-state index in [2.05, 4.69) is 31.8 Å². The van der Waals surface area contributed by atoms with E-state index in [1.165, 1.54) is 12.0 Å². The second kappa shape index (κ2) is 24.7. The van der Waals surface area contributed by atoms with E-state index < -0.39 is 65.7 Å². The lowest BCUT2D eigenvalue weighted by atomic mass is 9.80. The van der Waals surface area contributed by atoms with Crippen LogP contribution in [0.4, 0.5) is 11.5 Å². The van der Waals surface area contributed by atoms with Crippen molar-refractivity contribution >= 4 is 58.4 Å². The van der Waals surface area contributed by atoms with Crippen LogP contribution < -0.4 is 16.0 Å². The summed E-state index contributed by atoms with van der Waals surface area (Å²) in [5.74, 6) is -3.36. The van der Waals surface area contributed by atoms with Gasteiger partial charge in [0.1, 0.15) is 23.4 Å². The normalized spacial score (nSPS) is 16.8. The first kappa shape index (κ1) is 51.5. The third-order valence-electron chi connectivity index (χ3n) is 11.2. The Hall–Kier alpha value is -4.89. The number of unbranched alkanes of at least 4 members (excludes halogenated alkanes) is 1. The van der Waals surface area contributed by atoms with Gasteiger partial charge in [-0.15, -0.1) is 23.7 Å². The molecule has 62 heavy (non-hydrogen) atoms. The maximum Gasteiger partial charge on any atom is 0.309 e. The molecule has 1 aliphatic rings. The molecule has 5 N–H and O–H groups in total. The van der Waals surface area contributed by atoms with Crippen molar-refractivity contribution in [2.24, 2.45) is 29.1 Å². The average Bonchev–Trinajstić information content (AvgIpc) is 3.68. The summed E-state index contributed by atoms with van der Waals surface area (Å²) in [4.78, 5) is 92.1. The molecule has 0 aliphatic carbocycles. The molecule has 0 saturated carbocycles. The third kappa shape index (κ3) is 15.5. The molecule has 6 atom stereocenters. The van der Waals surface area contributed by atoms with Gasteiger partial charge in [-0.05, 0) is 95.5 Å². The molecule has 4 amide bonds. The largest absolute Gasteiger partial charge is 0.481 e. The summed E-state index contributed by atoms with van der Waals surface area (Å²) >= 11 is 1.14. The monoisotopic (exact) mass is 882 g/mol. The number of carbonyl (C=O) groups excluding carboxylic acids is 5. The van der Waals surface area contributed by atoms with E-state index in [1.54, 1.807) is 43.5 Å². The molecule has 1 aromatic heterocycles. The van der Waals surface area contributed by atoms with Crippen molar-refractivity contribution in [1.82, 2.24) is 20.3 Å². The molecule has 0 radical (unpaired) electrons. The number of anilines is 2. The summed E-state index contributed by atoms with van der Waals surface area (Å²) in [5.41, 5.74) is -0.107. The number of terminal acetylenes is 1. The first-order chi connectivity index (χ1) is 29.3. The van der Waals surface area contributed by atoms with Gasteiger partial charge >= 0.3 is 11.9 Å². The van der Waals surface area contributed by atoms with Crippen LogP contribution in [0, 0.1) is 41.4 Å². The van der Waals surface area contributed by atoms with Gasteiger partial charge in [-0.25, -0.2) is 10.0 Å². The molecule has 1 aliphatic heterocycles. The van der Waals surface area contributed by atoms with Crippen molar-refractivity contribution in [2.45, 2.75) is 125 Å². The van der Waals surface area contributed by atoms with Crippen LogP contribution in [-0.4, -0.2) is 99.7 Å². The Morgan fingerprint density at radius 1 is 1.08 bits per heavy atom. The number of aliphatic hydroxyl groups excluding tert-OH is 1. The van der Waals surface area contributed by atoms with Gasteiger partial charge in [0.2, 0.25) is 17.7 Å². The van der Waals surface area contributed by atoms with Gasteiger partial charge < -0.3 is 30.9 Å². The fourth-order valence-electron chi connectivity index (χ4n) is 7.31. The molecule has 2 heterocycles. The lowest BCUT2D eigenvalue weighted by molar-refractivity contribution is -0.215. The number of piperidine rings is 1. The van der Waals surface area contributed by atoms with Crippen molar-refractivity contribution in [3.63, 3.8) is 0 Å². The number of esters is 1. The molecule has 3 rings (SSSR count). The molecule has 16 nitrogen and oxygen atoms in total. The number of hydrogen-bond donors (Lipinski definition) is 5. The van der Waals surface area contributed by atoms with Gasteiger partial charge in [0.25, 0.3) is 5.91 Å². The van der Waals surface area contributed by atoms with E-state index in [4.69, 9.17) is 21.1 Å². The van der Waals surface area contributed by atoms with Gasteiger partial charge in [0, 0.05) is 36.8 Å². The summed E-state index contributed by atoms with van der Waals surface area (Å²) in [5, 5.41) is 30.7. The highest BCUT2D eigenvalue weighted by molar-refractivity contribution is 7.10. The first-order valence-corrected chi connectivity index (χ1v) is 22.3. The van der Waals surface area contributed by atoms with Crippen molar-refractivity contribution in [3.8, 4) is 12.3 Å². The van der Waals surface area contributed by atoms with E-state index in [-0.39, 0.29) is 55.6 Å². The van der Waals surface area contributed by atoms with Crippen LogP contribution >= 0.6 is 11.3 Å². The number of thiazole rings is 1. The van der Waals surface area contributed by atoms with Crippen molar-refractivity contribution in [3.05, 3.63) is 40.2 Å². The van der Waals surface area contributed by atoms with Crippen LogP contribution in [0.1, 0.15) is 117 Å². The fraction of sp³-hybridized carbons (Fsp3) is 0.622. The zero-order valence-electron chi connectivity index (χ0n) is 37.4. The number of carboxylic acids is 1. The fourth-order valence-corrected chi connectivity index (χ4v) is 8.10. The number of hydrogen-bond acceptors (Lipinski definition) is 12. The van der Waals surface area contributed by atoms with E-state index in [0.717, 1.165) is 37.1 Å². The predicted octanol–water partition coefficient (Wildman–Crippen LogP) is 5.79. The molecule has 0 spiro atoms. The maximum atomic E-state index is 14.7. The van der Waals surface area contributed by atoms with Gasteiger partial charge in [-0.2, -0.15) is 0 Å². The number of nitrogens with one attached hydrogen (secondary N) is 3. The Morgan fingerprint density at radius 3 is 2.35 bits per heavy atom. The number of carbonyl (C=O) groups is 6. The molecule has 342 valence electrons. The van der Waals surface area contributed by atoms with E-state index in [0.29, 0.717) is 35.5 Å². The lowest BCUT2D eigenvalue weighted by Crippen LogP contribution is -2.55. The van der Waals surface area contributed by atoms with Crippen LogP contribution in [0.3, 0.4) is 0 Å². The Kier molecular flexibility index (Phi) is 20.5. The number of likely N-dealkylation sites (tertiary alicyclic amines) is 1. The quantitative estimate of drug-likeness (QED) is 0.0279. The molecular formula is C45H66N6O10S. The Morgan fingerprint density at radius 2 is 1.77 bits per heavy atom. The number of ether oxygens (including phenoxy) is 1. The number of benzene rings is 1. The highest BCUT2D eigenvalue weighted by Crippen LogP contribution is 2.35. The van der Waals surface area contributed by atoms with Crippen LogP contribution in [0.5, 0.6) is 0 Å². The molecule has 17 heteroatoms. The summed E-state index contributed by atoms with van der Waals surface area (Å²) in [6.07, 6.45) is 8.71. The number of nitrogens with zero attached hydrogens (tertiary/aromatic N) is 3. The van der Waals surface area contributed by atoms with Gasteiger partial charge in [0.15, 0.2) is 6.10 Å². The van der Waals surface area contributed by atoms with Crippen molar-refractivity contribution in [2.75, 3.05) is 37.4 Å². The Bertz CT molecular complexity index is 1860. The van der Waals surface area contributed by atoms with Gasteiger partial charge in [-0.1, -0.05) is 46.2 Å². The molecular weight excluding hydrogens is 817 g/mol. The van der Waals surface area contributed by atoms with Crippen LogP contribution in [0.15, 0.2) is 29.6 Å². The average molecular weight is 883 g/mol. The van der Waals surface area contributed by atoms with Gasteiger partial charge in [0.05, 0.1) is 24.2 Å². The van der Waals surface area contributed by atoms with E-state index in [1.807, 2.05) is 34.7 Å². The van der Waals surface area contributed by atoms with Crippen molar-refractivity contribution in [1.29, 1.82) is 0 Å². The molecule has 0 bridgehead atoms. The predicted molar refractivity (Wildman–Crippen MR) is 236 cm³/mol. The van der Waals surface area contributed by atoms with Gasteiger partial charge in [-0.3, -0.25) is 38.5 Å². The maximum absolute atomic E-state index is 14.7. The number of carboxylic acid groups (broad SMARTS) is 1. The lowest BCUT2D eigenvalue weighted by Gasteiger charge is -2.38. The summed E-state index contributed by atoms with van der Waals surface area (Å²) in [6.45, 7) is 12.2. The second-order valence-corrected chi connectivity index (χ2v) is 18.0. The highest BCUT2D eigenvalue weighted by Gasteiger charge is 2.42. The van der Waals surface area contributed by atoms with E-state index in [9.17, 15) is 33.9 Å². The topological polar surface area (TPSA) is 217 Å². The SMILES string of the molecule is C#CCCCON(C(=O)[C@H](C(=O)N[C@H]1CCCCN1C)[C@@H](C)CC)[C@H](C[C@@H](OC(C)=O)c1nc(NC(=O)[C@@H](Cc2ccc(NC(=O)CO)cc2)CC(C)(C)C(=O)O)cs1)C(C)C. The molecule has 1 aromatic carbocycles. The van der Waals surface area contributed by atoms with Crippen LogP contribution in [0.25, 0.3) is 0 Å². The molecule has 1 saturated heterocycles. The Labute approximate surface area is 369 Å². The molecule has 0 unspecified atom stereocenters. The zero-order chi connectivity index (χ0) is 46.1. The number of amides is 4. The van der Waals surface area contributed by atoms with Crippen molar-refractivity contribution < 1.29 is 48.6 Å². The first-order valence-electron chi connectivity index (χ1n) is 21.4. The molecule has 2 aromatic rings. The zero-order valence-corrected chi connectivity index (χ0v) is 38.2. The standard InChI is InChI=1S/C45H66N6O10S/c1-10-12-15-22-60-51(43(57)39(29(5)11-2)41(56)49-37-16-13-14-21-50(37)9)34(28(3)4)24-35(61-30(6)53)42-48-36(27-62-42)47-40(55)32(25-45(7,8)44(58)59)23-31-17-19-33(20-18-31)46-38(54)26-52/h1,17-20,27-29,32,34-35,37,39,52H,11-16,21-26H2,2-9H3,(H,46,54)(H,47,55)(H,49,56)(H,58,59)/t29-,32-,34+,35+,37+,39-/m0/s1. The minimum Gasteiger partial charge on any atom is -0.481 e. The number of aromatic nitrogens is 1. The molecule has 1 fully saturated rings. The summed E-state index contributed by atoms with van der Waals surface area (Å²) in [7, 11) is 1.95. The number of aliphatic carboxylic acids is 1. The smallest absolute Gasteiger partial charge is 0.309 e. The highest BCUT2D eigenvalue weighted by atomic mass is 32.1. The number of rotatable bonds is 24. The minimum atomic E-state index is -1.26.